The van der Waals surface area contributed by atoms with Crippen LogP contribution in [-0.4, -0.2) is 27.6 Å². The third kappa shape index (κ3) is 3.66. The zero-order chi connectivity index (χ0) is 17.7. The number of hydrogen-bond acceptors (Lipinski definition) is 4. The molecule has 0 aliphatic rings. The summed E-state index contributed by atoms with van der Waals surface area (Å²) in [5.41, 5.74) is 5.84. The van der Waals surface area contributed by atoms with Crippen molar-refractivity contribution in [1.29, 1.82) is 5.26 Å². The van der Waals surface area contributed by atoms with Crippen LogP contribution in [0, 0.1) is 11.3 Å². The maximum Gasteiger partial charge on any atom is 0.335 e. The first-order valence-corrected chi connectivity index (χ1v) is 6.66. The zero-order valence-electron chi connectivity index (χ0n) is 12.3. The van der Waals surface area contributed by atoms with Gasteiger partial charge in [-0.25, -0.2) is 9.59 Å². The Balaban J connectivity index is 2.37. The SMILES string of the molecule is N#C/C(=C\c1cccn1-c1ccc(C(=O)O)cc1)C(=O)NC(N)=O. The zero-order valence-corrected chi connectivity index (χ0v) is 12.3. The molecule has 0 saturated carbocycles. The molecule has 0 aliphatic carbocycles. The number of carboxylic acids is 1. The molecule has 2 rings (SSSR count). The first-order valence-electron chi connectivity index (χ1n) is 6.66. The molecule has 0 bridgehead atoms. The number of nitriles is 1. The molecule has 1 aromatic heterocycles. The summed E-state index contributed by atoms with van der Waals surface area (Å²) in [4.78, 5) is 33.3. The summed E-state index contributed by atoms with van der Waals surface area (Å²) in [6.07, 6.45) is 2.98. The number of aromatic carboxylic acids is 1. The lowest BCUT2D eigenvalue weighted by molar-refractivity contribution is -0.115. The van der Waals surface area contributed by atoms with Gasteiger partial charge < -0.3 is 15.4 Å². The number of imide groups is 1. The van der Waals surface area contributed by atoms with Crippen LogP contribution in [0.5, 0.6) is 0 Å². The number of nitrogens with zero attached hydrogens (tertiary/aromatic N) is 2. The molecule has 0 aliphatic heterocycles. The Hall–Kier alpha value is -3.86. The van der Waals surface area contributed by atoms with Crippen LogP contribution < -0.4 is 11.1 Å². The van der Waals surface area contributed by atoms with E-state index in [1.165, 1.54) is 18.2 Å². The third-order valence-corrected chi connectivity index (χ3v) is 3.07. The van der Waals surface area contributed by atoms with Crippen molar-refractivity contribution in [3.8, 4) is 11.8 Å². The maximum absolute atomic E-state index is 11.7. The number of nitrogens with one attached hydrogen (secondary N) is 1. The molecule has 2 aromatic rings. The normalized spacial score (nSPS) is 10.7. The lowest BCUT2D eigenvalue weighted by Gasteiger charge is -2.07. The standard InChI is InChI=1S/C16H12N4O4/c17-9-11(14(21)19-16(18)24)8-13-2-1-7-20(13)12-5-3-10(4-6-12)15(22)23/h1-8H,(H,22,23)(H3,18,19,21,24)/b11-8+. The van der Waals surface area contributed by atoms with E-state index >= 15 is 0 Å². The number of aromatic nitrogens is 1. The van der Waals surface area contributed by atoms with Gasteiger partial charge in [0.15, 0.2) is 0 Å². The quantitative estimate of drug-likeness (QED) is 0.574. The Kier molecular flexibility index (Phi) is 4.77. The van der Waals surface area contributed by atoms with Crippen LogP contribution in [0.4, 0.5) is 4.79 Å². The second-order valence-electron chi connectivity index (χ2n) is 4.64. The number of benzene rings is 1. The average Bonchev–Trinajstić information content (AvgIpc) is 3.00. The highest BCUT2D eigenvalue weighted by Gasteiger charge is 2.12. The van der Waals surface area contributed by atoms with Crippen molar-refractivity contribution in [3.05, 3.63) is 59.4 Å². The Bertz CT molecular complexity index is 872. The maximum atomic E-state index is 11.7. The Morgan fingerprint density at radius 2 is 1.88 bits per heavy atom. The number of urea groups is 1. The minimum absolute atomic E-state index is 0.140. The molecule has 8 nitrogen and oxygen atoms in total. The Morgan fingerprint density at radius 3 is 2.42 bits per heavy atom. The average molecular weight is 324 g/mol. The summed E-state index contributed by atoms with van der Waals surface area (Å²) in [5, 5.41) is 19.8. The Morgan fingerprint density at radius 1 is 1.21 bits per heavy atom. The molecule has 1 aromatic carbocycles. The fraction of sp³-hybridized carbons (Fsp3) is 0. The molecule has 0 saturated heterocycles. The van der Waals surface area contributed by atoms with E-state index in [4.69, 9.17) is 16.1 Å². The smallest absolute Gasteiger partial charge is 0.335 e. The van der Waals surface area contributed by atoms with E-state index in [2.05, 4.69) is 0 Å². The predicted molar refractivity (Wildman–Crippen MR) is 84.0 cm³/mol. The molecule has 4 N–H and O–H groups in total. The monoisotopic (exact) mass is 324 g/mol. The fourth-order valence-corrected chi connectivity index (χ4v) is 1.99. The van der Waals surface area contributed by atoms with Crippen molar-refractivity contribution in [2.24, 2.45) is 5.73 Å². The Labute approximate surface area is 136 Å². The van der Waals surface area contributed by atoms with Crippen LogP contribution in [0.1, 0.15) is 16.1 Å². The summed E-state index contributed by atoms with van der Waals surface area (Å²) in [5.74, 6) is -1.94. The van der Waals surface area contributed by atoms with Crippen molar-refractivity contribution < 1.29 is 19.5 Å². The minimum atomic E-state index is -1.05. The highest BCUT2D eigenvalue weighted by Crippen LogP contribution is 2.16. The number of rotatable bonds is 4. The molecule has 3 amide bonds. The van der Waals surface area contributed by atoms with Crippen LogP contribution >= 0.6 is 0 Å². The lowest BCUT2D eigenvalue weighted by atomic mass is 10.2. The number of primary amides is 1. The van der Waals surface area contributed by atoms with Crippen LogP contribution in [0.3, 0.4) is 0 Å². The molecule has 8 heteroatoms. The van der Waals surface area contributed by atoms with Crippen molar-refractivity contribution in [3.63, 3.8) is 0 Å². The number of carbonyl (C=O) groups is 3. The van der Waals surface area contributed by atoms with E-state index in [0.717, 1.165) is 0 Å². The van der Waals surface area contributed by atoms with Crippen LogP contribution in [0.15, 0.2) is 48.2 Å². The number of amides is 3. The number of carboxylic acid groups (broad SMARTS) is 1. The second-order valence-corrected chi connectivity index (χ2v) is 4.64. The second kappa shape index (κ2) is 6.93. The van der Waals surface area contributed by atoms with Gasteiger partial charge in [0.25, 0.3) is 5.91 Å². The van der Waals surface area contributed by atoms with Crippen molar-refractivity contribution in [2.45, 2.75) is 0 Å². The van der Waals surface area contributed by atoms with E-state index < -0.39 is 17.9 Å². The predicted octanol–water partition coefficient (Wildman–Crippen LogP) is 1.28. The molecule has 0 spiro atoms. The van der Waals surface area contributed by atoms with E-state index in [1.54, 1.807) is 41.1 Å². The third-order valence-electron chi connectivity index (χ3n) is 3.07. The highest BCUT2D eigenvalue weighted by molar-refractivity contribution is 6.08. The van der Waals surface area contributed by atoms with Gasteiger partial charge in [0.05, 0.1) is 5.56 Å². The van der Waals surface area contributed by atoms with Gasteiger partial charge in [-0.2, -0.15) is 5.26 Å². The van der Waals surface area contributed by atoms with E-state index in [9.17, 15) is 14.4 Å². The number of nitrogens with two attached hydrogens (primary N) is 1. The topological polar surface area (TPSA) is 138 Å². The molecular weight excluding hydrogens is 312 g/mol. The van der Waals surface area contributed by atoms with Gasteiger partial charge >= 0.3 is 12.0 Å². The van der Waals surface area contributed by atoms with Gasteiger partial charge in [-0.3, -0.25) is 10.1 Å². The van der Waals surface area contributed by atoms with Crippen molar-refractivity contribution in [1.82, 2.24) is 9.88 Å². The largest absolute Gasteiger partial charge is 0.478 e. The summed E-state index contributed by atoms with van der Waals surface area (Å²) in [6, 6.07) is 10.1. The van der Waals surface area contributed by atoms with Gasteiger partial charge in [0, 0.05) is 17.6 Å². The molecule has 1 heterocycles. The van der Waals surface area contributed by atoms with Gasteiger partial charge in [-0.15, -0.1) is 0 Å². The van der Waals surface area contributed by atoms with Crippen molar-refractivity contribution in [2.75, 3.05) is 0 Å². The first kappa shape index (κ1) is 16.5. The molecule has 24 heavy (non-hydrogen) atoms. The van der Waals surface area contributed by atoms with Gasteiger partial charge in [-0.1, -0.05) is 0 Å². The van der Waals surface area contributed by atoms with Crippen LogP contribution in [0.2, 0.25) is 0 Å². The van der Waals surface area contributed by atoms with E-state index in [-0.39, 0.29) is 11.1 Å². The number of hydrogen-bond donors (Lipinski definition) is 3. The summed E-state index contributed by atoms with van der Waals surface area (Å²) in [6.45, 7) is 0. The molecule has 0 unspecified atom stereocenters. The van der Waals surface area contributed by atoms with Gasteiger partial charge in [0.1, 0.15) is 11.6 Å². The minimum Gasteiger partial charge on any atom is -0.478 e. The van der Waals surface area contributed by atoms with E-state index in [0.29, 0.717) is 11.4 Å². The molecule has 0 fully saturated rings. The fourth-order valence-electron chi connectivity index (χ4n) is 1.99. The van der Waals surface area contributed by atoms with Gasteiger partial charge in [-0.05, 0) is 42.5 Å². The van der Waals surface area contributed by atoms with Crippen molar-refractivity contribution >= 4 is 24.0 Å². The number of carbonyl (C=O) groups excluding carboxylic acids is 2. The van der Waals surface area contributed by atoms with Crippen LogP contribution in [-0.2, 0) is 4.79 Å². The summed E-state index contributed by atoms with van der Waals surface area (Å²) in [7, 11) is 0. The highest BCUT2D eigenvalue weighted by atomic mass is 16.4. The van der Waals surface area contributed by atoms with Gasteiger partial charge in [0.2, 0.25) is 0 Å². The molecule has 0 atom stereocenters. The first-order chi connectivity index (χ1) is 11.4. The summed E-state index contributed by atoms with van der Waals surface area (Å²) < 4.78 is 1.65. The molecular formula is C16H12N4O4. The molecule has 120 valence electrons. The molecule has 0 radical (unpaired) electrons. The summed E-state index contributed by atoms with van der Waals surface area (Å²) >= 11 is 0. The van der Waals surface area contributed by atoms with E-state index in [1.807, 2.05) is 5.32 Å². The lowest BCUT2D eigenvalue weighted by Crippen LogP contribution is -2.35. The van der Waals surface area contributed by atoms with Crippen LogP contribution in [0.25, 0.3) is 11.8 Å².